The van der Waals surface area contributed by atoms with E-state index in [1.54, 1.807) is 7.11 Å². The lowest BCUT2D eigenvalue weighted by atomic mass is 9.89. The van der Waals surface area contributed by atoms with Crippen LogP contribution >= 0.6 is 0 Å². The number of anilines is 1. The number of rotatable bonds is 8. The lowest BCUT2D eigenvalue weighted by Crippen LogP contribution is -2.32. The first-order valence-electron chi connectivity index (χ1n) is 7.23. The molecule has 0 fully saturated rings. The van der Waals surface area contributed by atoms with Crippen molar-refractivity contribution < 1.29 is 9.53 Å². The Labute approximate surface area is 127 Å². The van der Waals surface area contributed by atoms with Crippen LogP contribution in [0.3, 0.4) is 0 Å². The third kappa shape index (κ3) is 6.60. The summed E-state index contributed by atoms with van der Waals surface area (Å²) >= 11 is 0. The Bertz CT molecular complexity index is 443. The van der Waals surface area contributed by atoms with Crippen LogP contribution in [0, 0.1) is 5.41 Å². The first-order chi connectivity index (χ1) is 9.84. The number of ether oxygens (including phenoxy) is 1. The summed E-state index contributed by atoms with van der Waals surface area (Å²) in [4.78, 5) is 10.8. The van der Waals surface area contributed by atoms with Crippen LogP contribution in [0.4, 0.5) is 10.5 Å². The molecule has 1 aromatic rings. The Morgan fingerprint density at radius 3 is 2.48 bits per heavy atom. The van der Waals surface area contributed by atoms with Gasteiger partial charge in [0.1, 0.15) is 0 Å². The van der Waals surface area contributed by atoms with Gasteiger partial charge in [-0.05, 0) is 36.5 Å². The normalized spacial score (nSPS) is 13.0. The van der Waals surface area contributed by atoms with Crippen LogP contribution in [0.15, 0.2) is 24.3 Å². The third-order valence-electron chi connectivity index (χ3n) is 3.55. The van der Waals surface area contributed by atoms with Crippen molar-refractivity contribution in [2.75, 3.05) is 25.6 Å². The van der Waals surface area contributed by atoms with E-state index < -0.39 is 6.03 Å². The van der Waals surface area contributed by atoms with Crippen molar-refractivity contribution in [1.29, 1.82) is 0 Å². The van der Waals surface area contributed by atoms with E-state index in [4.69, 9.17) is 10.5 Å². The van der Waals surface area contributed by atoms with E-state index in [9.17, 15) is 4.79 Å². The predicted octanol–water partition coefficient (Wildman–Crippen LogP) is 2.89. The highest BCUT2D eigenvalue weighted by Gasteiger charge is 2.18. The molecular weight excluding hydrogens is 266 g/mol. The topological polar surface area (TPSA) is 76.4 Å². The van der Waals surface area contributed by atoms with Crippen LogP contribution in [0.1, 0.15) is 38.8 Å². The Morgan fingerprint density at radius 2 is 1.95 bits per heavy atom. The maximum absolute atomic E-state index is 10.8. The van der Waals surface area contributed by atoms with Crippen LogP contribution in [-0.4, -0.2) is 26.3 Å². The van der Waals surface area contributed by atoms with Crippen LogP contribution < -0.4 is 16.4 Å². The Morgan fingerprint density at radius 1 is 1.33 bits per heavy atom. The van der Waals surface area contributed by atoms with Gasteiger partial charge in [-0.2, -0.15) is 0 Å². The fourth-order valence-electron chi connectivity index (χ4n) is 2.01. The van der Waals surface area contributed by atoms with Crippen molar-refractivity contribution in [3.05, 3.63) is 29.8 Å². The van der Waals surface area contributed by atoms with Crippen LogP contribution in [0.5, 0.6) is 0 Å². The maximum atomic E-state index is 10.8. The first-order valence-corrected chi connectivity index (χ1v) is 7.23. The quantitative estimate of drug-likeness (QED) is 0.689. The smallest absolute Gasteiger partial charge is 0.316 e. The van der Waals surface area contributed by atoms with E-state index >= 15 is 0 Å². The zero-order valence-electron chi connectivity index (χ0n) is 13.4. The molecule has 1 rings (SSSR count). The first kappa shape index (κ1) is 17.5. The fourth-order valence-corrected chi connectivity index (χ4v) is 2.01. The molecule has 0 aliphatic rings. The molecule has 1 atom stereocenters. The summed E-state index contributed by atoms with van der Waals surface area (Å²) in [5.74, 6) is 0. The van der Waals surface area contributed by atoms with E-state index in [2.05, 4.69) is 31.4 Å². The largest absolute Gasteiger partial charge is 0.385 e. The molecule has 118 valence electrons. The second-order valence-corrected chi connectivity index (χ2v) is 6.12. The number of hydrogen-bond donors (Lipinski definition) is 3. The summed E-state index contributed by atoms with van der Waals surface area (Å²) in [6.45, 7) is 8.27. The summed E-state index contributed by atoms with van der Waals surface area (Å²) in [7, 11) is 1.73. The molecule has 0 aliphatic carbocycles. The molecular formula is C16H27N3O2. The van der Waals surface area contributed by atoms with Gasteiger partial charge in [0.15, 0.2) is 0 Å². The molecule has 0 aliphatic heterocycles. The molecule has 5 heteroatoms. The highest BCUT2D eigenvalue weighted by Crippen LogP contribution is 2.22. The number of carbonyl (C=O) groups excluding carboxylic acids is 1. The summed E-state index contributed by atoms with van der Waals surface area (Å²) < 4.78 is 5.14. The van der Waals surface area contributed by atoms with Crippen molar-refractivity contribution in [3.8, 4) is 0 Å². The monoisotopic (exact) mass is 293 g/mol. The summed E-state index contributed by atoms with van der Waals surface area (Å²) in [5.41, 5.74) is 7.16. The molecule has 2 amide bonds. The highest BCUT2D eigenvalue weighted by atomic mass is 16.5. The van der Waals surface area contributed by atoms with Gasteiger partial charge in [-0.15, -0.1) is 0 Å². The van der Waals surface area contributed by atoms with Crippen LogP contribution in [0.2, 0.25) is 0 Å². The van der Waals surface area contributed by atoms with E-state index in [1.165, 1.54) is 5.56 Å². The van der Waals surface area contributed by atoms with Crippen LogP contribution in [-0.2, 0) is 4.74 Å². The average molecular weight is 293 g/mol. The van der Waals surface area contributed by atoms with Gasteiger partial charge in [0.25, 0.3) is 0 Å². The average Bonchev–Trinajstić information content (AvgIpc) is 2.43. The molecule has 0 saturated carbocycles. The number of nitrogens with one attached hydrogen (secondary N) is 2. The maximum Gasteiger partial charge on any atom is 0.316 e. The minimum Gasteiger partial charge on any atom is -0.385 e. The lowest BCUT2D eigenvalue weighted by Gasteiger charge is -2.27. The summed E-state index contributed by atoms with van der Waals surface area (Å²) in [6, 6.07) is 7.39. The third-order valence-corrected chi connectivity index (χ3v) is 3.55. The molecule has 0 spiro atoms. The van der Waals surface area contributed by atoms with Gasteiger partial charge in [0, 0.05) is 32.0 Å². The van der Waals surface area contributed by atoms with Crippen molar-refractivity contribution in [2.24, 2.45) is 11.1 Å². The standard InChI is InChI=1S/C16H27N3O2/c1-12(18-11-16(2,3)9-10-21-4)13-5-7-14(8-6-13)19-15(17)20/h5-8,12,18H,9-11H2,1-4H3,(H3,17,19,20). The number of carbonyl (C=O) groups is 1. The summed E-state index contributed by atoms with van der Waals surface area (Å²) in [5, 5.41) is 6.10. The van der Waals surface area contributed by atoms with Crippen molar-refractivity contribution >= 4 is 11.7 Å². The number of hydrogen-bond acceptors (Lipinski definition) is 3. The lowest BCUT2D eigenvalue weighted by molar-refractivity contribution is 0.149. The molecule has 0 radical (unpaired) electrons. The Hall–Kier alpha value is -1.59. The zero-order chi connectivity index (χ0) is 15.9. The van der Waals surface area contributed by atoms with Crippen molar-refractivity contribution in [1.82, 2.24) is 5.32 Å². The van der Waals surface area contributed by atoms with Crippen LogP contribution in [0.25, 0.3) is 0 Å². The number of primary amides is 1. The second kappa shape index (κ2) is 8.00. The molecule has 0 aromatic heterocycles. The highest BCUT2D eigenvalue weighted by molar-refractivity contribution is 5.87. The van der Waals surface area contributed by atoms with E-state index in [0.29, 0.717) is 5.69 Å². The van der Waals surface area contributed by atoms with Gasteiger partial charge in [0.05, 0.1) is 0 Å². The molecule has 0 saturated heterocycles. The van der Waals surface area contributed by atoms with Gasteiger partial charge in [-0.3, -0.25) is 0 Å². The van der Waals surface area contributed by atoms with Crippen molar-refractivity contribution in [3.63, 3.8) is 0 Å². The zero-order valence-corrected chi connectivity index (χ0v) is 13.4. The number of urea groups is 1. The molecule has 1 aromatic carbocycles. The Balaban J connectivity index is 2.51. The molecule has 21 heavy (non-hydrogen) atoms. The Kier molecular flexibility index (Phi) is 6.65. The van der Waals surface area contributed by atoms with Gasteiger partial charge in [-0.1, -0.05) is 26.0 Å². The minimum atomic E-state index is -0.547. The van der Waals surface area contributed by atoms with Gasteiger partial charge < -0.3 is 21.1 Å². The van der Waals surface area contributed by atoms with Gasteiger partial charge in [-0.25, -0.2) is 4.79 Å². The number of methoxy groups -OCH3 is 1. The molecule has 1 unspecified atom stereocenters. The molecule has 0 bridgehead atoms. The number of amides is 2. The van der Waals surface area contributed by atoms with Crippen molar-refractivity contribution in [2.45, 2.75) is 33.2 Å². The SMILES string of the molecule is COCCC(C)(C)CNC(C)c1ccc(NC(N)=O)cc1. The minimum absolute atomic E-state index is 0.192. The predicted molar refractivity (Wildman–Crippen MR) is 86.3 cm³/mol. The molecule has 5 nitrogen and oxygen atoms in total. The molecule has 0 heterocycles. The van der Waals surface area contributed by atoms with Gasteiger partial charge >= 0.3 is 6.03 Å². The van der Waals surface area contributed by atoms with E-state index in [1.807, 2.05) is 24.3 Å². The van der Waals surface area contributed by atoms with E-state index in [-0.39, 0.29) is 11.5 Å². The number of benzene rings is 1. The van der Waals surface area contributed by atoms with E-state index in [0.717, 1.165) is 19.6 Å². The molecule has 4 N–H and O–H groups in total. The summed E-state index contributed by atoms with van der Waals surface area (Å²) in [6.07, 6.45) is 1.02. The number of nitrogens with two attached hydrogens (primary N) is 1. The van der Waals surface area contributed by atoms with Gasteiger partial charge in [0.2, 0.25) is 0 Å². The fraction of sp³-hybridized carbons (Fsp3) is 0.562. The second-order valence-electron chi connectivity index (χ2n) is 6.12.